The van der Waals surface area contributed by atoms with Crippen LogP contribution in [0.2, 0.25) is 0 Å². The highest BCUT2D eigenvalue weighted by molar-refractivity contribution is 7.89. The Bertz CT molecular complexity index is 1310. The van der Waals surface area contributed by atoms with Crippen LogP contribution in [0.4, 0.5) is 0 Å². The van der Waals surface area contributed by atoms with Gasteiger partial charge >= 0.3 is 0 Å². The molecule has 4 rings (SSSR count). The average Bonchev–Trinajstić information content (AvgIpc) is 3.46. The Balaban J connectivity index is 1.46. The van der Waals surface area contributed by atoms with Crippen molar-refractivity contribution in [1.82, 2.24) is 14.8 Å². The van der Waals surface area contributed by atoms with Crippen LogP contribution < -0.4 is 5.32 Å². The molecule has 1 fully saturated rings. The van der Waals surface area contributed by atoms with E-state index in [4.69, 9.17) is 8.94 Å². The van der Waals surface area contributed by atoms with Gasteiger partial charge in [-0.3, -0.25) is 4.79 Å². The number of aromatic nitrogens is 1. The summed E-state index contributed by atoms with van der Waals surface area (Å²) in [6.07, 6.45) is 6.00. The summed E-state index contributed by atoms with van der Waals surface area (Å²) in [5.41, 5.74) is 4.72. The molecule has 9 heteroatoms. The number of nitrogens with zero attached hydrogens (tertiary/aromatic N) is 2. The quantitative estimate of drug-likeness (QED) is 0.519. The van der Waals surface area contributed by atoms with Crippen LogP contribution in [0.15, 0.2) is 44.4 Å². The lowest BCUT2D eigenvalue weighted by Gasteiger charge is -2.30. The van der Waals surface area contributed by atoms with E-state index in [0.29, 0.717) is 30.8 Å². The van der Waals surface area contributed by atoms with E-state index < -0.39 is 10.0 Å². The second kappa shape index (κ2) is 10.2. The van der Waals surface area contributed by atoms with Gasteiger partial charge in [0, 0.05) is 19.0 Å². The Morgan fingerprint density at radius 3 is 2.46 bits per heavy atom. The fraction of sp³-hybridized carbons (Fsp3) is 0.385. The number of rotatable bonds is 7. The molecule has 1 N–H and O–H groups in total. The molecule has 8 nitrogen and oxygen atoms in total. The van der Waals surface area contributed by atoms with E-state index in [0.717, 1.165) is 16.7 Å². The number of amides is 1. The molecule has 0 saturated carbocycles. The van der Waals surface area contributed by atoms with Crippen molar-refractivity contribution in [3.05, 3.63) is 70.0 Å². The van der Waals surface area contributed by atoms with Crippen LogP contribution in [0.25, 0.3) is 12.2 Å². The minimum atomic E-state index is -3.83. The first-order valence-electron chi connectivity index (χ1n) is 11.7. The molecule has 1 aliphatic rings. The molecule has 0 atom stereocenters. The molecule has 186 valence electrons. The molecule has 1 aliphatic heterocycles. The molecule has 0 radical (unpaired) electrons. The number of benzene rings is 1. The third kappa shape index (κ3) is 5.41. The number of carbonyl (C=O) groups is 1. The standard InChI is InChI=1S/C26H31N3O5S/c1-17-14-18(2)23(19(3)15-17)7-8-24-25(20(4)28-34-24)35(31,32)29-11-9-21(10-12-29)26(30)27-16-22-6-5-13-33-22/h5-8,13-15,21H,9-12,16H2,1-4H3,(H,27,30)/b8-7+. The van der Waals surface area contributed by atoms with Crippen molar-refractivity contribution >= 4 is 28.1 Å². The van der Waals surface area contributed by atoms with E-state index in [1.165, 1.54) is 9.87 Å². The van der Waals surface area contributed by atoms with Gasteiger partial charge in [0.25, 0.3) is 0 Å². The van der Waals surface area contributed by atoms with Crippen molar-refractivity contribution in [1.29, 1.82) is 0 Å². The first kappa shape index (κ1) is 24.9. The molecule has 3 heterocycles. The van der Waals surface area contributed by atoms with Crippen molar-refractivity contribution in [3.63, 3.8) is 0 Å². The number of sulfonamides is 1. The number of aryl methyl sites for hydroxylation is 4. The van der Waals surface area contributed by atoms with Crippen molar-refractivity contribution in [2.75, 3.05) is 13.1 Å². The van der Waals surface area contributed by atoms with Crippen LogP contribution in [0.3, 0.4) is 0 Å². The van der Waals surface area contributed by atoms with Crippen LogP contribution in [-0.4, -0.2) is 36.9 Å². The lowest BCUT2D eigenvalue weighted by molar-refractivity contribution is -0.126. The number of carbonyl (C=O) groups excluding carboxylic acids is 1. The largest absolute Gasteiger partial charge is 0.467 e. The zero-order valence-corrected chi connectivity index (χ0v) is 21.3. The third-order valence-corrected chi connectivity index (χ3v) is 8.47. The third-order valence-electron chi connectivity index (χ3n) is 6.41. The normalized spacial score (nSPS) is 15.7. The van der Waals surface area contributed by atoms with Gasteiger partial charge in [0.15, 0.2) is 10.7 Å². The Hall–Kier alpha value is -3.17. The van der Waals surface area contributed by atoms with Crippen LogP contribution in [0.5, 0.6) is 0 Å². The maximum Gasteiger partial charge on any atom is 0.248 e. The molecule has 1 amide bonds. The van der Waals surface area contributed by atoms with E-state index in [1.54, 1.807) is 31.4 Å². The van der Waals surface area contributed by atoms with Crippen molar-refractivity contribution in [2.45, 2.75) is 52.0 Å². The monoisotopic (exact) mass is 497 g/mol. The van der Waals surface area contributed by atoms with Crippen LogP contribution in [0, 0.1) is 33.6 Å². The Morgan fingerprint density at radius 1 is 1.14 bits per heavy atom. The summed E-state index contributed by atoms with van der Waals surface area (Å²) in [7, 11) is -3.83. The fourth-order valence-corrected chi connectivity index (χ4v) is 6.35. The van der Waals surface area contributed by atoms with Crippen LogP contribution in [0.1, 0.15) is 52.3 Å². The molecule has 1 saturated heterocycles. The zero-order valence-electron chi connectivity index (χ0n) is 20.5. The summed E-state index contributed by atoms with van der Waals surface area (Å²) in [5, 5.41) is 6.80. The molecule has 3 aromatic rings. The first-order valence-corrected chi connectivity index (χ1v) is 13.1. The van der Waals surface area contributed by atoms with Gasteiger partial charge in [0.1, 0.15) is 11.5 Å². The summed E-state index contributed by atoms with van der Waals surface area (Å²) < 4.78 is 39.1. The maximum absolute atomic E-state index is 13.5. The lowest BCUT2D eigenvalue weighted by atomic mass is 9.97. The smallest absolute Gasteiger partial charge is 0.248 e. The lowest BCUT2D eigenvalue weighted by Crippen LogP contribution is -2.43. The Kier molecular flexibility index (Phi) is 7.28. The number of nitrogens with one attached hydrogen (secondary N) is 1. The van der Waals surface area contributed by atoms with E-state index >= 15 is 0 Å². The van der Waals surface area contributed by atoms with Gasteiger partial charge in [0.05, 0.1) is 12.8 Å². The molecule has 0 bridgehead atoms. The number of piperidine rings is 1. The minimum absolute atomic E-state index is 0.0805. The predicted octanol–water partition coefficient (Wildman–Crippen LogP) is 4.39. The molecule has 0 aliphatic carbocycles. The molecule has 1 aromatic carbocycles. The van der Waals surface area contributed by atoms with Crippen molar-refractivity contribution in [2.24, 2.45) is 5.92 Å². The van der Waals surface area contributed by atoms with Gasteiger partial charge in [0.2, 0.25) is 15.9 Å². The zero-order chi connectivity index (χ0) is 25.2. The molecular formula is C26H31N3O5S. The summed E-state index contributed by atoms with van der Waals surface area (Å²) in [6, 6.07) is 7.74. The first-order chi connectivity index (χ1) is 16.7. The van der Waals surface area contributed by atoms with E-state index in [9.17, 15) is 13.2 Å². The van der Waals surface area contributed by atoms with Gasteiger partial charge in [-0.1, -0.05) is 28.9 Å². The predicted molar refractivity (Wildman–Crippen MR) is 133 cm³/mol. The molecule has 2 aromatic heterocycles. The fourth-order valence-electron chi connectivity index (χ4n) is 4.63. The maximum atomic E-state index is 13.5. The minimum Gasteiger partial charge on any atom is -0.467 e. The molecule has 0 spiro atoms. The summed E-state index contributed by atoms with van der Waals surface area (Å²) in [5.74, 6) is 0.553. The molecular weight excluding hydrogens is 466 g/mol. The van der Waals surface area contributed by atoms with Gasteiger partial charge in [-0.25, -0.2) is 8.42 Å². The molecule has 35 heavy (non-hydrogen) atoms. The van der Waals surface area contributed by atoms with Crippen LogP contribution >= 0.6 is 0 Å². The Morgan fingerprint density at radius 2 is 1.83 bits per heavy atom. The average molecular weight is 498 g/mol. The van der Waals surface area contributed by atoms with Crippen molar-refractivity contribution in [3.8, 4) is 0 Å². The summed E-state index contributed by atoms with van der Waals surface area (Å²) in [4.78, 5) is 12.6. The topological polar surface area (TPSA) is 106 Å². The van der Waals surface area contributed by atoms with Gasteiger partial charge in [-0.05, 0) is 75.4 Å². The highest BCUT2D eigenvalue weighted by Gasteiger charge is 2.35. The van der Waals surface area contributed by atoms with Gasteiger partial charge in [-0.15, -0.1) is 0 Å². The number of furan rings is 1. The summed E-state index contributed by atoms with van der Waals surface area (Å²) in [6.45, 7) is 8.56. The van der Waals surface area contributed by atoms with Gasteiger partial charge < -0.3 is 14.3 Å². The highest BCUT2D eigenvalue weighted by Crippen LogP contribution is 2.30. The summed E-state index contributed by atoms with van der Waals surface area (Å²) >= 11 is 0. The van der Waals surface area contributed by atoms with Crippen molar-refractivity contribution < 1.29 is 22.2 Å². The van der Waals surface area contributed by atoms with E-state index in [1.807, 2.05) is 26.8 Å². The van der Waals surface area contributed by atoms with E-state index in [-0.39, 0.29) is 35.6 Å². The van der Waals surface area contributed by atoms with E-state index in [2.05, 4.69) is 22.6 Å². The second-order valence-corrected chi connectivity index (χ2v) is 11.0. The van der Waals surface area contributed by atoms with Crippen LogP contribution in [-0.2, 0) is 21.4 Å². The Labute approximate surface area is 206 Å². The van der Waals surface area contributed by atoms with Gasteiger partial charge in [-0.2, -0.15) is 4.31 Å². The molecule has 0 unspecified atom stereocenters. The second-order valence-electron chi connectivity index (χ2n) is 9.08. The number of hydrogen-bond donors (Lipinski definition) is 1. The highest BCUT2D eigenvalue weighted by atomic mass is 32.2. The SMILES string of the molecule is Cc1cc(C)c(/C=C/c2onc(C)c2S(=O)(=O)N2CCC(C(=O)NCc3ccco3)CC2)c(C)c1. The number of hydrogen-bond acceptors (Lipinski definition) is 6.